The van der Waals surface area contributed by atoms with E-state index in [1.54, 1.807) is 0 Å². The minimum absolute atomic E-state index is 0.0656. The molecule has 0 radical (unpaired) electrons. The van der Waals surface area contributed by atoms with E-state index in [1.165, 1.54) is 55.9 Å². The molecular weight excluding hydrogens is 370 g/mol. The first-order valence-corrected chi connectivity index (χ1v) is 11.4. The number of nitrogens with one attached hydrogen (secondary N) is 1. The summed E-state index contributed by atoms with van der Waals surface area (Å²) in [5.74, 6) is 3.62. The van der Waals surface area contributed by atoms with Crippen LogP contribution in [0.5, 0.6) is 0 Å². The Labute approximate surface area is 170 Å². The highest BCUT2D eigenvalue weighted by atomic mass is 32.2. The molecule has 1 aromatic carbocycles. The van der Waals surface area contributed by atoms with Gasteiger partial charge in [-0.05, 0) is 80.8 Å². The lowest BCUT2D eigenvalue weighted by Gasteiger charge is -2.56. The normalized spacial score (nSPS) is 30.5. The number of amides is 1. The summed E-state index contributed by atoms with van der Waals surface area (Å²) in [6, 6.07) is 7.97. The summed E-state index contributed by atoms with van der Waals surface area (Å²) in [6.45, 7) is 2.88. The van der Waals surface area contributed by atoms with E-state index in [1.807, 2.05) is 31.2 Å². The van der Waals surface area contributed by atoms with Gasteiger partial charge in [-0.2, -0.15) is 0 Å². The molecule has 148 valence electrons. The molecule has 1 amide bonds. The van der Waals surface area contributed by atoms with E-state index in [2.05, 4.69) is 15.5 Å². The second kappa shape index (κ2) is 7.21. The van der Waals surface area contributed by atoms with Crippen LogP contribution in [-0.2, 0) is 4.79 Å². The van der Waals surface area contributed by atoms with Gasteiger partial charge in [-0.1, -0.05) is 29.5 Å². The fraction of sp³-hybridized carbons (Fsp3) is 0.591. The van der Waals surface area contributed by atoms with Gasteiger partial charge in [0, 0.05) is 12.1 Å². The Morgan fingerprint density at radius 2 is 1.75 bits per heavy atom. The standard InChI is InChI=1S/C22H27N3O2S/c1-14-2-4-18(5-3-14)20-24-25-21(27-20)28-12-19(26)23-13-22-9-15-6-16(10-22)8-17(7-15)11-22/h2-5,15-17H,6-13H2,1H3,(H,23,26). The Hall–Kier alpha value is -1.82. The van der Waals surface area contributed by atoms with Crippen molar-refractivity contribution in [2.24, 2.45) is 23.2 Å². The van der Waals surface area contributed by atoms with Crippen molar-refractivity contribution < 1.29 is 9.21 Å². The minimum atomic E-state index is 0.0656. The Morgan fingerprint density at radius 1 is 1.11 bits per heavy atom. The SMILES string of the molecule is Cc1ccc(-c2nnc(SCC(=O)NCC34CC5CC(CC(C5)C3)C4)o2)cc1. The number of nitrogens with zero attached hydrogens (tertiary/aromatic N) is 2. The molecule has 4 bridgehead atoms. The molecule has 0 spiro atoms. The van der Waals surface area contributed by atoms with Crippen LogP contribution in [0.1, 0.15) is 44.1 Å². The van der Waals surface area contributed by atoms with Crippen LogP contribution in [0.25, 0.3) is 11.5 Å². The van der Waals surface area contributed by atoms with Crippen LogP contribution < -0.4 is 5.32 Å². The maximum Gasteiger partial charge on any atom is 0.277 e. The molecule has 5 nitrogen and oxygen atoms in total. The summed E-state index contributed by atoms with van der Waals surface area (Å²) in [4.78, 5) is 12.4. The highest BCUT2D eigenvalue weighted by molar-refractivity contribution is 7.99. The van der Waals surface area contributed by atoms with Crippen LogP contribution in [0.15, 0.2) is 33.9 Å². The monoisotopic (exact) mass is 397 g/mol. The predicted molar refractivity (Wildman–Crippen MR) is 109 cm³/mol. The van der Waals surface area contributed by atoms with Gasteiger partial charge in [0.05, 0.1) is 5.75 Å². The summed E-state index contributed by atoms with van der Waals surface area (Å²) < 4.78 is 5.70. The van der Waals surface area contributed by atoms with E-state index in [4.69, 9.17) is 4.42 Å². The van der Waals surface area contributed by atoms with Crippen LogP contribution >= 0.6 is 11.8 Å². The second-order valence-corrected chi connectivity index (χ2v) is 10.1. The highest BCUT2D eigenvalue weighted by Gasteiger charge is 2.50. The fourth-order valence-corrected chi connectivity index (χ4v) is 6.64. The molecule has 4 fully saturated rings. The number of rotatable bonds is 6. The largest absolute Gasteiger partial charge is 0.411 e. The van der Waals surface area contributed by atoms with Gasteiger partial charge in [-0.15, -0.1) is 10.2 Å². The van der Waals surface area contributed by atoms with E-state index in [0.29, 0.717) is 22.3 Å². The lowest BCUT2D eigenvalue weighted by atomic mass is 9.49. The maximum atomic E-state index is 12.4. The number of hydrogen-bond acceptors (Lipinski definition) is 5. The number of aromatic nitrogens is 2. The molecule has 0 saturated heterocycles. The zero-order valence-corrected chi connectivity index (χ0v) is 17.1. The summed E-state index contributed by atoms with van der Waals surface area (Å²) in [5.41, 5.74) is 2.46. The first-order chi connectivity index (χ1) is 13.6. The Morgan fingerprint density at radius 3 is 2.39 bits per heavy atom. The maximum absolute atomic E-state index is 12.4. The van der Waals surface area contributed by atoms with E-state index in [0.717, 1.165) is 29.9 Å². The minimum Gasteiger partial charge on any atom is -0.411 e. The molecule has 0 aliphatic heterocycles. The van der Waals surface area contributed by atoms with Crippen LogP contribution in [0, 0.1) is 30.1 Å². The molecule has 1 N–H and O–H groups in total. The Balaban J connectivity index is 1.13. The van der Waals surface area contributed by atoms with Gasteiger partial charge in [0.15, 0.2) is 0 Å². The lowest BCUT2D eigenvalue weighted by molar-refractivity contribution is -0.120. The average molecular weight is 398 g/mol. The molecule has 1 heterocycles. The van der Waals surface area contributed by atoms with Crippen molar-refractivity contribution in [2.45, 2.75) is 50.7 Å². The van der Waals surface area contributed by atoms with E-state index in [-0.39, 0.29) is 5.91 Å². The summed E-state index contributed by atoms with van der Waals surface area (Å²) in [5, 5.41) is 11.8. The van der Waals surface area contributed by atoms with E-state index >= 15 is 0 Å². The molecular formula is C22H27N3O2S. The number of carbonyl (C=O) groups is 1. The molecule has 2 aromatic rings. The van der Waals surface area contributed by atoms with Crippen molar-refractivity contribution in [2.75, 3.05) is 12.3 Å². The summed E-state index contributed by atoms with van der Waals surface area (Å²) in [7, 11) is 0. The zero-order chi connectivity index (χ0) is 19.1. The number of aryl methyl sites for hydroxylation is 1. The Bertz CT molecular complexity index is 826. The van der Waals surface area contributed by atoms with Crippen molar-refractivity contribution in [3.8, 4) is 11.5 Å². The van der Waals surface area contributed by atoms with Gasteiger partial charge in [-0.25, -0.2) is 0 Å². The third kappa shape index (κ3) is 3.71. The van der Waals surface area contributed by atoms with Crippen molar-refractivity contribution in [1.82, 2.24) is 15.5 Å². The van der Waals surface area contributed by atoms with Crippen LogP contribution in [0.3, 0.4) is 0 Å². The second-order valence-electron chi connectivity index (χ2n) is 9.22. The number of carbonyl (C=O) groups excluding carboxylic acids is 1. The van der Waals surface area contributed by atoms with Crippen LogP contribution in [0.2, 0.25) is 0 Å². The molecule has 6 heteroatoms. The smallest absolute Gasteiger partial charge is 0.277 e. The van der Waals surface area contributed by atoms with Crippen molar-refractivity contribution in [3.63, 3.8) is 0 Å². The molecule has 6 rings (SSSR count). The van der Waals surface area contributed by atoms with Crippen molar-refractivity contribution in [1.29, 1.82) is 0 Å². The number of benzene rings is 1. The molecule has 4 aliphatic rings. The fourth-order valence-electron chi connectivity index (χ4n) is 6.05. The molecule has 0 unspecified atom stereocenters. The van der Waals surface area contributed by atoms with Crippen LogP contribution in [-0.4, -0.2) is 28.4 Å². The first kappa shape index (κ1) is 18.2. The molecule has 28 heavy (non-hydrogen) atoms. The van der Waals surface area contributed by atoms with Gasteiger partial charge in [0.1, 0.15) is 0 Å². The van der Waals surface area contributed by atoms with Gasteiger partial charge in [-0.3, -0.25) is 4.79 Å². The highest BCUT2D eigenvalue weighted by Crippen LogP contribution is 2.59. The third-order valence-corrected chi connectivity index (χ3v) is 7.68. The topological polar surface area (TPSA) is 68.0 Å². The molecule has 4 saturated carbocycles. The zero-order valence-electron chi connectivity index (χ0n) is 16.3. The molecule has 0 atom stereocenters. The quantitative estimate of drug-likeness (QED) is 0.729. The Kier molecular flexibility index (Phi) is 4.69. The van der Waals surface area contributed by atoms with Crippen LogP contribution in [0.4, 0.5) is 0 Å². The summed E-state index contributed by atoms with van der Waals surface area (Å²) >= 11 is 1.31. The third-order valence-electron chi connectivity index (χ3n) is 6.86. The first-order valence-electron chi connectivity index (χ1n) is 10.4. The molecule has 4 aliphatic carbocycles. The van der Waals surface area contributed by atoms with Crippen molar-refractivity contribution in [3.05, 3.63) is 29.8 Å². The number of hydrogen-bond donors (Lipinski definition) is 1. The average Bonchev–Trinajstić information content (AvgIpc) is 3.13. The van der Waals surface area contributed by atoms with Crippen molar-refractivity contribution >= 4 is 17.7 Å². The predicted octanol–water partition coefficient (Wildman–Crippen LogP) is 4.47. The van der Waals surface area contributed by atoms with Gasteiger partial charge in [0.25, 0.3) is 5.22 Å². The molecule has 1 aromatic heterocycles. The summed E-state index contributed by atoms with van der Waals surface area (Å²) in [6.07, 6.45) is 8.25. The van der Waals surface area contributed by atoms with E-state index in [9.17, 15) is 4.79 Å². The number of thioether (sulfide) groups is 1. The van der Waals surface area contributed by atoms with Gasteiger partial charge >= 0.3 is 0 Å². The van der Waals surface area contributed by atoms with Gasteiger partial charge in [0.2, 0.25) is 11.8 Å². The lowest BCUT2D eigenvalue weighted by Crippen LogP contribution is -2.51. The van der Waals surface area contributed by atoms with Gasteiger partial charge < -0.3 is 9.73 Å². The van der Waals surface area contributed by atoms with E-state index < -0.39 is 0 Å².